The molecule has 0 saturated carbocycles. The number of nitrogens with one attached hydrogen (secondary N) is 1. The summed E-state index contributed by atoms with van der Waals surface area (Å²) >= 11 is 0. The van der Waals surface area contributed by atoms with Gasteiger partial charge in [0, 0.05) is 38.0 Å². The van der Waals surface area contributed by atoms with E-state index in [0.717, 1.165) is 11.1 Å². The minimum atomic E-state index is -0.302. The molecule has 32 heavy (non-hydrogen) atoms. The van der Waals surface area contributed by atoms with Crippen molar-refractivity contribution in [2.75, 3.05) is 31.3 Å². The van der Waals surface area contributed by atoms with E-state index in [9.17, 15) is 14.4 Å². The Bertz CT molecular complexity index is 1040. The Morgan fingerprint density at radius 2 is 1.81 bits per heavy atom. The Morgan fingerprint density at radius 1 is 1.06 bits per heavy atom. The number of rotatable bonds is 5. The molecule has 2 aromatic rings. The van der Waals surface area contributed by atoms with Gasteiger partial charge in [0.15, 0.2) is 0 Å². The van der Waals surface area contributed by atoms with E-state index < -0.39 is 0 Å². The number of amides is 3. The molecular weight excluding hydrogens is 408 g/mol. The summed E-state index contributed by atoms with van der Waals surface area (Å²) in [6, 6.07) is 14.7. The lowest BCUT2D eigenvalue weighted by Gasteiger charge is -2.26. The lowest BCUT2D eigenvalue weighted by Crippen LogP contribution is -2.40. The third-order valence-electron chi connectivity index (χ3n) is 5.49. The molecule has 2 aliphatic rings. The van der Waals surface area contributed by atoms with Gasteiger partial charge in [0.2, 0.25) is 5.91 Å². The van der Waals surface area contributed by atoms with Gasteiger partial charge in [0.1, 0.15) is 5.71 Å². The maximum atomic E-state index is 12.7. The van der Waals surface area contributed by atoms with Gasteiger partial charge >= 0.3 is 0 Å². The molecule has 0 spiro atoms. The van der Waals surface area contributed by atoms with Crippen LogP contribution in [0, 0.1) is 6.92 Å². The topological polar surface area (TPSA) is 91.3 Å². The van der Waals surface area contributed by atoms with Crippen LogP contribution < -0.4 is 10.3 Å². The van der Waals surface area contributed by atoms with Crippen LogP contribution in [0.1, 0.15) is 34.3 Å². The molecule has 166 valence electrons. The second kappa shape index (κ2) is 9.74. The molecule has 1 saturated heterocycles. The average Bonchev–Trinajstić information content (AvgIpc) is 2.83. The standard InChI is InChI=1S/C24H26N4O4/c1-17-3-2-4-20(15-17)28-22(29)10-9-21(26-28)23(30)25-16-18-5-7-19(8-6-18)24(31)27-11-13-32-14-12-27/h2-8,15H,9-14,16H2,1H3,(H,25,30). The third kappa shape index (κ3) is 5.03. The van der Waals surface area contributed by atoms with Crippen molar-refractivity contribution in [3.05, 3.63) is 65.2 Å². The number of morpholine rings is 1. The van der Waals surface area contributed by atoms with Gasteiger partial charge in [0.25, 0.3) is 11.8 Å². The van der Waals surface area contributed by atoms with Crippen molar-refractivity contribution < 1.29 is 19.1 Å². The fourth-order valence-corrected chi connectivity index (χ4v) is 3.68. The first kappa shape index (κ1) is 21.7. The van der Waals surface area contributed by atoms with Crippen molar-refractivity contribution in [3.63, 3.8) is 0 Å². The van der Waals surface area contributed by atoms with Gasteiger partial charge in [-0.15, -0.1) is 0 Å². The van der Waals surface area contributed by atoms with E-state index >= 15 is 0 Å². The highest BCUT2D eigenvalue weighted by molar-refractivity contribution is 6.40. The number of nitrogens with zero attached hydrogens (tertiary/aromatic N) is 3. The Morgan fingerprint density at radius 3 is 2.53 bits per heavy atom. The molecule has 1 fully saturated rings. The van der Waals surface area contributed by atoms with E-state index in [1.807, 2.05) is 37.3 Å². The second-order valence-corrected chi connectivity index (χ2v) is 7.88. The van der Waals surface area contributed by atoms with E-state index in [0.29, 0.717) is 56.2 Å². The summed E-state index contributed by atoms with van der Waals surface area (Å²) in [4.78, 5) is 39.3. The smallest absolute Gasteiger partial charge is 0.267 e. The Labute approximate surface area is 186 Å². The lowest BCUT2D eigenvalue weighted by atomic mass is 10.1. The van der Waals surface area contributed by atoms with Crippen LogP contribution in [0.25, 0.3) is 0 Å². The summed E-state index contributed by atoms with van der Waals surface area (Å²) < 4.78 is 5.29. The minimum absolute atomic E-state index is 0.0126. The molecule has 4 rings (SSSR count). The lowest BCUT2D eigenvalue weighted by molar-refractivity contribution is -0.119. The fourth-order valence-electron chi connectivity index (χ4n) is 3.68. The van der Waals surface area contributed by atoms with Crippen molar-refractivity contribution in [1.82, 2.24) is 10.2 Å². The number of ether oxygens (including phenoxy) is 1. The Balaban J connectivity index is 1.37. The summed E-state index contributed by atoms with van der Waals surface area (Å²) in [6.45, 7) is 4.57. The number of carbonyl (C=O) groups excluding carboxylic acids is 3. The minimum Gasteiger partial charge on any atom is -0.378 e. The summed E-state index contributed by atoms with van der Waals surface area (Å²) in [5, 5.41) is 8.47. The van der Waals surface area contributed by atoms with E-state index in [1.165, 1.54) is 5.01 Å². The van der Waals surface area contributed by atoms with Gasteiger partial charge in [-0.2, -0.15) is 5.10 Å². The first-order chi connectivity index (χ1) is 15.5. The van der Waals surface area contributed by atoms with Gasteiger partial charge in [0.05, 0.1) is 18.9 Å². The number of carbonyl (C=O) groups is 3. The van der Waals surface area contributed by atoms with Crippen LogP contribution >= 0.6 is 0 Å². The maximum Gasteiger partial charge on any atom is 0.267 e. The molecule has 0 radical (unpaired) electrons. The van der Waals surface area contributed by atoms with E-state index in [2.05, 4.69) is 10.4 Å². The van der Waals surface area contributed by atoms with E-state index in [4.69, 9.17) is 4.74 Å². The molecule has 3 amide bonds. The molecule has 0 atom stereocenters. The normalized spacial score (nSPS) is 16.5. The maximum absolute atomic E-state index is 12.7. The van der Waals surface area contributed by atoms with Crippen LogP contribution in [0.4, 0.5) is 5.69 Å². The van der Waals surface area contributed by atoms with Gasteiger partial charge in [-0.3, -0.25) is 14.4 Å². The van der Waals surface area contributed by atoms with Crippen LogP contribution in [0.2, 0.25) is 0 Å². The summed E-state index contributed by atoms with van der Waals surface area (Å²) in [6.07, 6.45) is 0.540. The molecule has 8 nitrogen and oxygen atoms in total. The molecule has 0 aromatic heterocycles. The first-order valence-corrected chi connectivity index (χ1v) is 10.7. The number of anilines is 1. The quantitative estimate of drug-likeness (QED) is 0.782. The Hall–Kier alpha value is -3.52. The number of hydrazone groups is 1. The highest BCUT2D eigenvalue weighted by atomic mass is 16.5. The third-order valence-corrected chi connectivity index (χ3v) is 5.49. The van der Waals surface area contributed by atoms with E-state index in [1.54, 1.807) is 23.1 Å². The largest absolute Gasteiger partial charge is 0.378 e. The Kier molecular flexibility index (Phi) is 6.61. The van der Waals surface area contributed by atoms with Crippen molar-refractivity contribution >= 4 is 29.1 Å². The number of hydrogen-bond acceptors (Lipinski definition) is 5. The van der Waals surface area contributed by atoms with Crippen LogP contribution in [0.15, 0.2) is 53.6 Å². The zero-order valence-corrected chi connectivity index (χ0v) is 18.0. The van der Waals surface area contributed by atoms with Crippen LogP contribution in [-0.4, -0.2) is 54.6 Å². The van der Waals surface area contributed by atoms with Crippen LogP contribution in [0.3, 0.4) is 0 Å². The molecule has 0 bridgehead atoms. The summed E-state index contributed by atoms with van der Waals surface area (Å²) in [7, 11) is 0. The highest BCUT2D eigenvalue weighted by Gasteiger charge is 2.25. The van der Waals surface area contributed by atoms with Crippen LogP contribution in [0.5, 0.6) is 0 Å². The zero-order chi connectivity index (χ0) is 22.5. The van der Waals surface area contributed by atoms with Crippen molar-refractivity contribution in [3.8, 4) is 0 Å². The highest BCUT2D eigenvalue weighted by Crippen LogP contribution is 2.21. The van der Waals surface area contributed by atoms with Crippen molar-refractivity contribution in [2.45, 2.75) is 26.3 Å². The van der Waals surface area contributed by atoms with Crippen molar-refractivity contribution in [1.29, 1.82) is 0 Å². The molecule has 2 heterocycles. The predicted octanol–water partition coefficient (Wildman–Crippen LogP) is 2.27. The second-order valence-electron chi connectivity index (χ2n) is 7.88. The fraction of sp³-hybridized carbons (Fsp3) is 0.333. The number of hydrogen-bond donors (Lipinski definition) is 1. The SMILES string of the molecule is Cc1cccc(N2N=C(C(=O)NCc3ccc(C(=O)N4CCOCC4)cc3)CCC2=O)c1. The van der Waals surface area contributed by atoms with Crippen LogP contribution in [-0.2, 0) is 20.9 Å². The molecular formula is C24H26N4O4. The van der Waals surface area contributed by atoms with E-state index in [-0.39, 0.29) is 24.1 Å². The number of aryl methyl sites for hydroxylation is 1. The predicted molar refractivity (Wildman–Crippen MR) is 120 cm³/mol. The molecule has 1 N–H and O–H groups in total. The molecule has 8 heteroatoms. The van der Waals surface area contributed by atoms with Crippen molar-refractivity contribution in [2.24, 2.45) is 5.10 Å². The molecule has 2 aliphatic heterocycles. The summed E-state index contributed by atoms with van der Waals surface area (Å²) in [5.74, 6) is -0.447. The zero-order valence-electron chi connectivity index (χ0n) is 18.0. The molecule has 2 aromatic carbocycles. The van der Waals surface area contributed by atoms with Gasteiger partial charge in [-0.1, -0.05) is 24.3 Å². The average molecular weight is 434 g/mol. The van der Waals surface area contributed by atoms with Gasteiger partial charge in [-0.25, -0.2) is 5.01 Å². The molecule has 0 unspecified atom stereocenters. The van der Waals surface area contributed by atoms with Gasteiger partial charge < -0.3 is 15.0 Å². The first-order valence-electron chi connectivity index (χ1n) is 10.7. The van der Waals surface area contributed by atoms with Gasteiger partial charge in [-0.05, 0) is 42.3 Å². The molecule has 0 aliphatic carbocycles. The number of benzene rings is 2. The monoisotopic (exact) mass is 434 g/mol. The summed E-state index contributed by atoms with van der Waals surface area (Å²) in [5.41, 5.74) is 3.48.